The number of nitrogens with one attached hydrogen (secondary N) is 1. The van der Waals surface area contributed by atoms with Crippen molar-refractivity contribution in [1.29, 1.82) is 0 Å². The minimum absolute atomic E-state index is 0.0925. The maximum absolute atomic E-state index is 12.1. The number of halogens is 1. The third-order valence-electron chi connectivity index (χ3n) is 4.27. The molecule has 1 saturated heterocycles. The van der Waals surface area contributed by atoms with E-state index in [4.69, 9.17) is 11.6 Å². The SMILES string of the molecule is O=c1[nH]c(CCN2CCC[C@@H]2CO)cc2c(Cl)cccc12. The minimum Gasteiger partial charge on any atom is -0.395 e. The lowest BCUT2D eigenvalue weighted by atomic mass is 10.1. The van der Waals surface area contributed by atoms with Crippen molar-refractivity contribution < 1.29 is 5.11 Å². The van der Waals surface area contributed by atoms with Crippen LogP contribution in [0, 0.1) is 0 Å². The molecule has 2 heterocycles. The molecule has 1 aromatic heterocycles. The molecule has 112 valence electrons. The van der Waals surface area contributed by atoms with Gasteiger partial charge in [0.2, 0.25) is 0 Å². The fourth-order valence-corrected chi connectivity index (χ4v) is 3.33. The smallest absolute Gasteiger partial charge is 0.256 e. The number of aliphatic hydroxyl groups excluding tert-OH is 1. The van der Waals surface area contributed by atoms with Gasteiger partial charge in [0, 0.05) is 40.5 Å². The molecule has 0 amide bonds. The quantitative estimate of drug-likeness (QED) is 0.910. The Morgan fingerprint density at radius 1 is 1.38 bits per heavy atom. The van der Waals surface area contributed by atoms with Crippen molar-refractivity contribution in [3.8, 4) is 0 Å². The number of fused-ring (bicyclic) bond motifs is 1. The zero-order valence-electron chi connectivity index (χ0n) is 11.8. The van der Waals surface area contributed by atoms with E-state index < -0.39 is 0 Å². The van der Waals surface area contributed by atoms with Crippen molar-refractivity contribution >= 4 is 22.4 Å². The van der Waals surface area contributed by atoms with Crippen LogP contribution in [0.3, 0.4) is 0 Å². The van der Waals surface area contributed by atoms with Crippen molar-refractivity contribution in [2.75, 3.05) is 19.7 Å². The Morgan fingerprint density at radius 2 is 2.24 bits per heavy atom. The van der Waals surface area contributed by atoms with Gasteiger partial charge < -0.3 is 10.1 Å². The van der Waals surface area contributed by atoms with Gasteiger partial charge in [0.1, 0.15) is 0 Å². The normalized spacial score (nSPS) is 19.4. The molecule has 2 N–H and O–H groups in total. The molecule has 1 aromatic carbocycles. The van der Waals surface area contributed by atoms with Crippen LogP contribution in [0.1, 0.15) is 18.5 Å². The van der Waals surface area contributed by atoms with Crippen molar-refractivity contribution in [3.63, 3.8) is 0 Å². The third kappa shape index (κ3) is 2.98. The summed E-state index contributed by atoms with van der Waals surface area (Å²) in [7, 11) is 0. The van der Waals surface area contributed by atoms with Crippen molar-refractivity contribution in [2.24, 2.45) is 0 Å². The highest BCUT2D eigenvalue weighted by Gasteiger charge is 2.23. The maximum atomic E-state index is 12.1. The largest absolute Gasteiger partial charge is 0.395 e. The number of nitrogens with zero attached hydrogens (tertiary/aromatic N) is 1. The van der Waals surface area contributed by atoms with Crippen LogP contribution in [0.5, 0.6) is 0 Å². The molecule has 0 saturated carbocycles. The van der Waals surface area contributed by atoms with Crippen LogP contribution in [0.4, 0.5) is 0 Å². The molecule has 0 unspecified atom stereocenters. The zero-order chi connectivity index (χ0) is 14.8. The Hall–Kier alpha value is -1.36. The lowest BCUT2D eigenvalue weighted by Gasteiger charge is -2.22. The molecule has 0 aliphatic carbocycles. The first-order valence-corrected chi connectivity index (χ1v) is 7.72. The van der Waals surface area contributed by atoms with E-state index in [1.54, 1.807) is 18.2 Å². The van der Waals surface area contributed by atoms with Crippen LogP contribution in [-0.4, -0.2) is 40.7 Å². The number of likely N-dealkylation sites (tertiary alicyclic amines) is 1. The predicted molar refractivity (Wildman–Crippen MR) is 85.0 cm³/mol. The summed E-state index contributed by atoms with van der Waals surface area (Å²) < 4.78 is 0. The van der Waals surface area contributed by atoms with Gasteiger partial charge in [0.05, 0.1) is 6.61 Å². The molecular weight excluding hydrogens is 288 g/mol. The number of pyridine rings is 1. The van der Waals surface area contributed by atoms with Gasteiger partial charge in [-0.25, -0.2) is 0 Å². The standard InChI is InChI=1S/C16H19ClN2O2/c17-15-5-1-4-13-14(15)9-11(18-16(13)21)6-8-19-7-2-3-12(19)10-20/h1,4-5,9,12,20H,2-3,6-8,10H2,(H,18,21)/t12-/m1/s1. The van der Waals surface area contributed by atoms with Crippen LogP contribution in [0.2, 0.25) is 5.02 Å². The van der Waals surface area contributed by atoms with Crippen LogP contribution < -0.4 is 5.56 Å². The second-order valence-electron chi connectivity index (χ2n) is 5.59. The Morgan fingerprint density at radius 3 is 3.05 bits per heavy atom. The van der Waals surface area contributed by atoms with E-state index >= 15 is 0 Å². The van der Waals surface area contributed by atoms with Crippen LogP contribution in [0.15, 0.2) is 29.1 Å². The number of benzene rings is 1. The summed E-state index contributed by atoms with van der Waals surface area (Å²) in [6, 6.07) is 7.60. The molecule has 3 rings (SSSR count). The highest BCUT2D eigenvalue weighted by Crippen LogP contribution is 2.22. The molecule has 1 atom stereocenters. The third-order valence-corrected chi connectivity index (χ3v) is 4.60. The summed E-state index contributed by atoms with van der Waals surface area (Å²) in [5.41, 5.74) is 0.800. The van der Waals surface area contributed by atoms with E-state index in [1.807, 2.05) is 6.07 Å². The van der Waals surface area contributed by atoms with Crippen molar-refractivity contribution in [3.05, 3.63) is 45.3 Å². The first-order valence-electron chi connectivity index (χ1n) is 7.34. The number of rotatable bonds is 4. The number of hydrogen-bond donors (Lipinski definition) is 2. The van der Waals surface area contributed by atoms with Gasteiger partial charge in [-0.05, 0) is 37.6 Å². The van der Waals surface area contributed by atoms with E-state index in [9.17, 15) is 9.90 Å². The molecule has 0 bridgehead atoms. The van der Waals surface area contributed by atoms with Crippen LogP contribution in [0.25, 0.3) is 10.8 Å². The molecule has 2 aromatic rings. The summed E-state index contributed by atoms with van der Waals surface area (Å²) in [6.07, 6.45) is 2.94. The number of hydrogen-bond acceptors (Lipinski definition) is 3. The molecule has 1 aliphatic rings. The summed E-state index contributed by atoms with van der Waals surface area (Å²) in [5, 5.41) is 11.4. The highest BCUT2D eigenvalue weighted by molar-refractivity contribution is 6.35. The topological polar surface area (TPSA) is 56.3 Å². The van der Waals surface area contributed by atoms with Crippen LogP contribution in [-0.2, 0) is 6.42 Å². The van der Waals surface area contributed by atoms with Gasteiger partial charge in [-0.3, -0.25) is 9.69 Å². The molecule has 21 heavy (non-hydrogen) atoms. The monoisotopic (exact) mass is 306 g/mol. The number of aliphatic hydroxyl groups is 1. The first-order chi connectivity index (χ1) is 10.2. The number of aromatic amines is 1. The van der Waals surface area contributed by atoms with E-state index in [0.717, 1.165) is 43.4 Å². The maximum Gasteiger partial charge on any atom is 0.256 e. The summed E-state index contributed by atoms with van der Waals surface area (Å²) in [6.45, 7) is 2.07. The Balaban J connectivity index is 1.81. The average molecular weight is 307 g/mol. The summed E-state index contributed by atoms with van der Waals surface area (Å²) in [4.78, 5) is 17.3. The van der Waals surface area contributed by atoms with Gasteiger partial charge >= 0.3 is 0 Å². The molecular formula is C16H19ClN2O2. The predicted octanol–water partition coefficient (Wildman–Crippen LogP) is 2.18. The van der Waals surface area contributed by atoms with Gasteiger partial charge in [0.25, 0.3) is 5.56 Å². The summed E-state index contributed by atoms with van der Waals surface area (Å²) >= 11 is 6.18. The van der Waals surface area contributed by atoms with Crippen molar-refractivity contribution in [1.82, 2.24) is 9.88 Å². The molecule has 5 heteroatoms. The van der Waals surface area contributed by atoms with E-state index in [1.165, 1.54) is 0 Å². The summed E-state index contributed by atoms with van der Waals surface area (Å²) in [5.74, 6) is 0. The lowest BCUT2D eigenvalue weighted by molar-refractivity contribution is 0.160. The Kier molecular flexibility index (Phi) is 4.29. The Labute approximate surface area is 128 Å². The second-order valence-corrected chi connectivity index (χ2v) is 6.00. The van der Waals surface area contributed by atoms with Gasteiger partial charge in [-0.15, -0.1) is 0 Å². The molecule has 1 aliphatic heterocycles. The second kappa shape index (κ2) is 6.18. The fourth-order valence-electron chi connectivity index (χ4n) is 3.10. The molecule has 0 spiro atoms. The molecule has 4 nitrogen and oxygen atoms in total. The minimum atomic E-state index is -0.0925. The Bertz CT molecular complexity index is 698. The van der Waals surface area contributed by atoms with E-state index in [2.05, 4.69) is 9.88 Å². The molecule has 1 fully saturated rings. The van der Waals surface area contributed by atoms with Crippen LogP contribution >= 0.6 is 11.6 Å². The van der Waals surface area contributed by atoms with Gasteiger partial charge in [0.15, 0.2) is 0 Å². The first kappa shape index (κ1) is 14.6. The highest BCUT2D eigenvalue weighted by atomic mass is 35.5. The average Bonchev–Trinajstić information content (AvgIpc) is 2.94. The molecule has 0 radical (unpaired) electrons. The number of aromatic nitrogens is 1. The van der Waals surface area contributed by atoms with Gasteiger partial charge in [-0.2, -0.15) is 0 Å². The zero-order valence-corrected chi connectivity index (χ0v) is 12.6. The van der Waals surface area contributed by atoms with Gasteiger partial charge in [-0.1, -0.05) is 17.7 Å². The number of H-pyrrole nitrogens is 1. The fraction of sp³-hybridized carbons (Fsp3) is 0.438. The van der Waals surface area contributed by atoms with E-state index in [-0.39, 0.29) is 18.2 Å². The van der Waals surface area contributed by atoms with Crippen molar-refractivity contribution in [2.45, 2.75) is 25.3 Å². The van der Waals surface area contributed by atoms with E-state index in [0.29, 0.717) is 10.4 Å². The lowest BCUT2D eigenvalue weighted by Crippen LogP contribution is -2.34.